The number of benzene rings is 2. The van der Waals surface area contributed by atoms with Crippen molar-refractivity contribution in [2.75, 3.05) is 23.3 Å². The Hall–Kier alpha value is -3.68. The second-order valence-electron chi connectivity index (χ2n) is 11.0. The van der Waals surface area contributed by atoms with E-state index in [0.29, 0.717) is 33.1 Å². The Labute approximate surface area is 233 Å². The van der Waals surface area contributed by atoms with Crippen LogP contribution >= 0.6 is 0 Å². The number of hydrogen-bond acceptors (Lipinski definition) is 7. The van der Waals surface area contributed by atoms with Crippen molar-refractivity contribution in [2.45, 2.75) is 55.4 Å². The molecule has 1 spiro atoms. The summed E-state index contributed by atoms with van der Waals surface area (Å²) >= 11 is 0. The summed E-state index contributed by atoms with van der Waals surface area (Å²) in [5.41, 5.74) is -4.42. The van der Waals surface area contributed by atoms with Crippen LogP contribution in [0.2, 0.25) is 0 Å². The molecule has 2 aromatic rings. The highest BCUT2D eigenvalue weighted by atomic mass is 32.2. The van der Waals surface area contributed by atoms with Crippen LogP contribution in [-0.4, -0.2) is 50.7 Å². The van der Waals surface area contributed by atoms with Crippen molar-refractivity contribution < 1.29 is 50.1 Å². The van der Waals surface area contributed by atoms with Gasteiger partial charge in [-0.05, 0) is 63.4 Å². The van der Waals surface area contributed by atoms with Gasteiger partial charge >= 0.3 is 12.3 Å². The largest absolute Gasteiger partial charge is 0.512 e. The predicted molar refractivity (Wildman–Crippen MR) is 139 cm³/mol. The molecule has 0 aromatic heterocycles. The Morgan fingerprint density at radius 1 is 1.20 bits per heavy atom. The van der Waals surface area contributed by atoms with Gasteiger partial charge in [0.15, 0.2) is 11.6 Å². The Balaban J connectivity index is 1.52. The number of aliphatic hydroxyl groups is 1. The number of nitrogens with one attached hydrogen (secondary N) is 1. The Kier molecular flexibility index (Phi) is 6.44. The number of carbonyl (C=O) groups is 1. The van der Waals surface area contributed by atoms with Crippen LogP contribution in [0.5, 0.6) is 11.5 Å². The SMILES string of the molecule is C=C(O)C1([C@H]2C[C@@]23CN(S(=O)(=O)c2ccc(F)c(OC)c2)c2cc(NC(=O)OC(C)(C)C(F)(F)F)ccc2O3)CC1. The number of allylic oxidation sites excluding steroid dienone is 1. The number of amides is 1. The summed E-state index contributed by atoms with van der Waals surface area (Å²) in [7, 11) is -3.20. The molecule has 41 heavy (non-hydrogen) atoms. The molecular formula is C27H28F4N2O7S. The topological polar surface area (TPSA) is 114 Å². The highest BCUT2D eigenvalue weighted by molar-refractivity contribution is 7.92. The molecule has 0 bridgehead atoms. The first-order valence-electron chi connectivity index (χ1n) is 12.6. The maximum atomic E-state index is 14.1. The fraction of sp³-hybridized carbons (Fsp3) is 0.444. The van der Waals surface area contributed by atoms with Crippen molar-refractivity contribution >= 4 is 27.5 Å². The van der Waals surface area contributed by atoms with E-state index in [1.54, 1.807) is 0 Å². The molecule has 1 amide bonds. The van der Waals surface area contributed by atoms with E-state index in [9.17, 15) is 35.9 Å². The Bertz CT molecular complexity index is 1540. The number of nitrogens with zero attached hydrogens (tertiary/aromatic N) is 1. The lowest BCUT2D eigenvalue weighted by Gasteiger charge is -2.37. The van der Waals surface area contributed by atoms with E-state index in [1.807, 2.05) is 0 Å². The molecule has 2 atom stereocenters. The van der Waals surface area contributed by atoms with Crippen LogP contribution in [-0.2, 0) is 14.8 Å². The van der Waals surface area contributed by atoms with Crippen molar-refractivity contribution in [3.8, 4) is 11.5 Å². The Morgan fingerprint density at radius 2 is 1.88 bits per heavy atom. The molecule has 2 N–H and O–H groups in total. The zero-order chi connectivity index (χ0) is 30.2. The van der Waals surface area contributed by atoms with E-state index in [0.717, 1.165) is 22.5 Å². The molecule has 2 aromatic carbocycles. The van der Waals surface area contributed by atoms with E-state index < -0.39 is 44.7 Å². The third-order valence-electron chi connectivity index (χ3n) is 7.99. The molecule has 222 valence electrons. The van der Waals surface area contributed by atoms with Gasteiger partial charge in [-0.25, -0.2) is 17.6 Å². The third kappa shape index (κ3) is 4.81. The maximum absolute atomic E-state index is 14.1. The molecule has 1 aliphatic heterocycles. The van der Waals surface area contributed by atoms with Crippen molar-refractivity contribution in [3.05, 3.63) is 54.6 Å². The molecule has 2 fully saturated rings. The fourth-order valence-electron chi connectivity index (χ4n) is 5.28. The fourth-order valence-corrected chi connectivity index (χ4v) is 6.82. The van der Waals surface area contributed by atoms with E-state index in [1.165, 1.54) is 25.3 Å². The number of alkyl halides is 3. The number of rotatable bonds is 7. The van der Waals surface area contributed by atoms with Crippen LogP contribution in [0.25, 0.3) is 0 Å². The highest BCUT2D eigenvalue weighted by Gasteiger charge is 2.73. The molecule has 0 radical (unpaired) electrons. The van der Waals surface area contributed by atoms with Crippen molar-refractivity contribution in [3.63, 3.8) is 0 Å². The second-order valence-corrected chi connectivity index (χ2v) is 12.9. The molecule has 9 nitrogen and oxygen atoms in total. The summed E-state index contributed by atoms with van der Waals surface area (Å²) in [6.07, 6.45) is -4.46. The number of methoxy groups -OCH3 is 1. The summed E-state index contributed by atoms with van der Waals surface area (Å²) in [6.45, 7) is 4.89. The number of carbonyl (C=O) groups excluding carboxylic acids is 1. The normalized spacial score (nSPS) is 22.8. The van der Waals surface area contributed by atoms with Gasteiger partial charge in [-0.1, -0.05) is 6.58 Å². The van der Waals surface area contributed by atoms with Crippen LogP contribution in [0.1, 0.15) is 33.1 Å². The molecule has 5 rings (SSSR count). The van der Waals surface area contributed by atoms with Gasteiger partial charge in [-0.3, -0.25) is 9.62 Å². The zero-order valence-corrected chi connectivity index (χ0v) is 23.2. The quantitative estimate of drug-likeness (QED) is 0.300. The number of aliphatic hydroxyl groups excluding tert-OH is 1. The van der Waals surface area contributed by atoms with Crippen molar-refractivity contribution in [1.29, 1.82) is 0 Å². The van der Waals surface area contributed by atoms with Gasteiger partial charge in [0, 0.05) is 23.1 Å². The number of sulfonamides is 1. The molecular weight excluding hydrogens is 572 g/mol. The van der Waals surface area contributed by atoms with Gasteiger partial charge in [0.2, 0.25) is 5.60 Å². The smallest absolute Gasteiger partial charge is 0.427 e. The number of halogens is 4. The lowest BCUT2D eigenvalue weighted by atomic mass is 9.95. The van der Waals surface area contributed by atoms with E-state index in [-0.39, 0.29) is 46.0 Å². The van der Waals surface area contributed by atoms with Crippen LogP contribution in [0.3, 0.4) is 0 Å². The summed E-state index contributed by atoms with van der Waals surface area (Å²) in [5, 5.41) is 12.4. The van der Waals surface area contributed by atoms with E-state index in [4.69, 9.17) is 9.47 Å². The highest BCUT2D eigenvalue weighted by Crippen LogP contribution is 2.70. The van der Waals surface area contributed by atoms with Crippen LogP contribution in [0.15, 0.2) is 53.6 Å². The number of hydrogen-bond donors (Lipinski definition) is 2. The minimum absolute atomic E-state index is 0.00583. The average molecular weight is 601 g/mol. The summed E-state index contributed by atoms with van der Waals surface area (Å²) in [6, 6.07) is 7.02. The standard InChI is InChI=1S/C27H28F4N2O7S/c1-15(34)25(9-10-25)22-13-26(22)14-33(41(36,37)17-6-7-18(28)21(12-17)38-4)19-11-16(5-8-20(19)39-26)32-23(35)40-24(2,3)27(29,30)31/h5-8,11-12,22,34H,1,9-10,13-14H2,2-4H3,(H,32,35)/t22-,26-/m1/s1. The molecule has 2 aliphatic carbocycles. The van der Waals surface area contributed by atoms with Gasteiger partial charge in [0.05, 0.1) is 30.0 Å². The van der Waals surface area contributed by atoms with Gasteiger partial charge in [0.1, 0.15) is 11.4 Å². The number of anilines is 2. The first kappa shape index (κ1) is 28.8. The molecule has 0 unspecified atom stereocenters. The lowest BCUT2D eigenvalue weighted by molar-refractivity contribution is -0.242. The molecule has 1 heterocycles. The first-order chi connectivity index (χ1) is 19.0. The predicted octanol–water partition coefficient (Wildman–Crippen LogP) is 5.92. The first-order valence-corrected chi connectivity index (χ1v) is 14.0. The molecule has 3 aliphatic rings. The molecule has 14 heteroatoms. The monoisotopic (exact) mass is 600 g/mol. The van der Waals surface area contributed by atoms with Gasteiger partial charge in [-0.15, -0.1) is 0 Å². The Morgan fingerprint density at radius 3 is 2.46 bits per heavy atom. The summed E-state index contributed by atoms with van der Waals surface area (Å²) in [4.78, 5) is 12.0. The van der Waals surface area contributed by atoms with Crippen LogP contribution in [0, 0.1) is 17.2 Å². The zero-order valence-electron chi connectivity index (χ0n) is 22.3. The van der Waals surface area contributed by atoms with Gasteiger partial charge < -0.3 is 19.3 Å². The minimum atomic E-state index is -4.83. The van der Waals surface area contributed by atoms with E-state index in [2.05, 4.69) is 16.6 Å². The number of fused-ring (bicyclic) bond motifs is 1. The summed E-state index contributed by atoms with van der Waals surface area (Å²) < 4.78 is 98.4. The third-order valence-corrected chi connectivity index (χ3v) is 9.75. The maximum Gasteiger partial charge on any atom is 0.427 e. The lowest BCUT2D eigenvalue weighted by Crippen LogP contribution is -2.47. The summed E-state index contributed by atoms with van der Waals surface area (Å²) in [5.74, 6) is -1.15. The van der Waals surface area contributed by atoms with Crippen molar-refractivity contribution in [1.82, 2.24) is 0 Å². The van der Waals surface area contributed by atoms with Gasteiger partial charge in [-0.2, -0.15) is 13.2 Å². The molecule has 2 saturated carbocycles. The van der Waals surface area contributed by atoms with Crippen LogP contribution < -0.4 is 19.1 Å². The number of ether oxygens (including phenoxy) is 3. The minimum Gasteiger partial charge on any atom is -0.512 e. The van der Waals surface area contributed by atoms with Crippen LogP contribution in [0.4, 0.5) is 33.7 Å². The average Bonchev–Trinajstić information content (AvgIpc) is 3.79. The molecule has 0 saturated heterocycles. The second kappa shape index (κ2) is 9.16. The van der Waals surface area contributed by atoms with E-state index >= 15 is 0 Å². The van der Waals surface area contributed by atoms with Crippen molar-refractivity contribution in [2.24, 2.45) is 11.3 Å². The van der Waals surface area contributed by atoms with Gasteiger partial charge in [0.25, 0.3) is 10.0 Å².